The van der Waals surface area contributed by atoms with E-state index in [1.165, 1.54) is 17.0 Å². The summed E-state index contributed by atoms with van der Waals surface area (Å²) in [4.78, 5) is 40.0. The third kappa shape index (κ3) is 8.62. The number of nitrogens with zero attached hydrogens (tertiary/aromatic N) is 3. The molecule has 0 unspecified atom stereocenters. The van der Waals surface area contributed by atoms with Crippen molar-refractivity contribution in [1.29, 1.82) is 0 Å². The van der Waals surface area contributed by atoms with Gasteiger partial charge in [-0.1, -0.05) is 73.7 Å². The maximum Gasteiger partial charge on any atom is 0.271 e. The van der Waals surface area contributed by atoms with E-state index in [9.17, 15) is 28.1 Å². The lowest BCUT2D eigenvalue weighted by atomic mass is 10.0. The lowest BCUT2D eigenvalue weighted by molar-refractivity contribution is -0.384. The molecule has 0 fully saturated rings. The van der Waals surface area contributed by atoms with E-state index in [0.717, 1.165) is 27.8 Å². The Morgan fingerprint density at radius 3 is 2.10 bits per heavy atom. The standard InChI is InChI=1S/C30H36N4O6S/c1-5-23(3)31-30(36)28(18-24-12-8-6-9-13-24)32(20-25-14-10-7-11-15-25)29(35)21-33(41(4,39)40)27-19-26(34(37)38)17-16-22(27)2/h6-17,19,23,28H,5,18,20-21H2,1-4H3,(H,31,36)/t23-,28+/m1/s1. The number of amides is 2. The van der Waals surface area contributed by atoms with Crippen molar-refractivity contribution >= 4 is 33.2 Å². The molecule has 3 aromatic carbocycles. The summed E-state index contributed by atoms with van der Waals surface area (Å²) in [5, 5.41) is 14.4. The lowest BCUT2D eigenvalue weighted by Gasteiger charge is -2.34. The Morgan fingerprint density at radius 1 is 0.976 bits per heavy atom. The molecular formula is C30H36N4O6S. The molecule has 0 spiro atoms. The zero-order valence-electron chi connectivity index (χ0n) is 23.7. The molecule has 0 bridgehead atoms. The Hall–Kier alpha value is -4.25. The molecule has 0 radical (unpaired) electrons. The molecule has 2 amide bonds. The predicted molar refractivity (Wildman–Crippen MR) is 159 cm³/mol. The number of sulfonamides is 1. The van der Waals surface area contributed by atoms with Crippen LogP contribution in [0.1, 0.15) is 37.0 Å². The van der Waals surface area contributed by atoms with Gasteiger partial charge in [-0.2, -0.15) is 0 Å². The largest absolute Gasteiger partial charge is 0.352 e. The van der Waals surface area contributed by atoms with Crippen LogP contribution in [0.2, 0.25) is 0 Å². The third-order valence-electron chi connectivity index (χ3n) is 6.82. The van der Waals surface area contributed by atoms with E-state index in [2.05, 4.69) is 5.32 Å². The van der Waals surface area contributed by atoms with Crippen molar-refractivity contribution in [2.24, 2.45) is 0 Å². The summed E-state index contributed by atoms with van der Waals surface area (Å²) in [7, 11) is -4.05. The fraction of sp³-hybridized carbons (Fsp3) is 0.333. The second-order valence-electron chi connectivity index (χ2n) is 10.0. The topological polar surface area (TPSA) is 130 Å². The van der Waals surface area contributed by atoms with Crippen LogP contribution < -0.4 is 9.62 Å². The van der Waals surface area contributed by atoms with Gasteiger partial charge in [0, 0.05) is 31.1 Å². The van der Waals surface area contributed by atoms with Crippen LogP contribution in [-0.2, 0) is 32.6 Å². The number of carbonyl (C=O) groups is 2. The van der Waals surface area contributed by atoms with Gasteiger partial charge in [0.15, 0.2) is 0 Å². The van der Waals surface area contributed by atoms with Crippen molar-refractivity contribution in [3.63, 3.8) is 0 Å². The Morgan fingerprint density at radius 2 is 1.56 bits per heavy atom. The average molecular weight is 581 g/mol. The van der Waals surface area contributed by atoms with Crippen molar-refractivity contribution in [3.8, 4) is 0 Å². The van der Waals surface area contributed by atoms with Crippen LogP contribution in [0.3, 0.4) is 0 Å². The Labute approximate surface area is 241 Å². The van der Waals surface area contributed by atoms with Gasteiger partial charge in [-0.15, -0.1) is 0 Å². The van der Waals surface area contributed by atoms with Crippen LogP contribution in [0.5, 0.6) is 0 Å². The quantitative estimate of drug-likeness (QED) is 0.238. The molecular weight excluding hydrogens is 544 g/mol. The fourth-order valence-corrected chi connectivity index (χ4v) is 5.25. The van der Waals surface area contributed by atoms with Gasteiger partial charge < -0.3 is 10.2 Å². The summed E-state index contributed by atoms with van der Waals surface area (Å²) in [5.74, 6) is -0.977. The first-order valence-electron chi connectivity index (χ1n) is 13.3. The van der Waals surface area contributed by atoms with Crippen molar-refractivity contribution in [1.82, 2.24) is 10.2 Å². The van der Waals surface area contributed by atoms with Crippen molar-refractivity contribution < 1.29 is 22.9 Å². The number of anilines is 1. The normalized spacial score (nSPS) is 12.7. The van der Waals surface area contributed by atoms with E-state index in [4.69, 9.17) is 0 Å². The number of hydrogen-bond donors (Lipinski definition) is 1. The molecule has 0 aromatic heterocycles. The number of non-ortho nitro benzene ring substituents is 1. The Balaban J connectivity index is 2.09. The van der Waals surface area contributed by atoms with Crippen LogP contribution in [0.15, 0.2) is 78.9 Å². The van der Waals surface area contributed by atoms with Gasteiger partial charge in [-0.05, 0) is 37.0 Å². The summed E-state index contributed by atoms with van der Waals surface area (Å²) < 4.78 is 26.8. The van der Waals surface area contributed by atoms with Gasteiger partial charge in [0.25, 0.3) is 5.69 Å². The highest BCUT2D eigenvalue weighted by Gasteiger charge is 2.34. The number of benzene rings is 3. The zero-order chi connectivity index (χ0) is 30.2. The number of nitro groups is 1. The van der Waals surface area contributed by atoms with E-state index in [-0.39, 0.29) is 36.3 Å². The second kappa shape index (κ2) is 13.9. The van der Waals surface area contributed by atoms with Crippen LogP contribution in [-0.4, -0.2) is 54.9 Å². The Bertz CT molecular complexity index is 1460. The first-order valence-corrected chi connectivity index (χ1v) is 15.2. The molecule has 41 heavy (non-hydrogen) atoms. The van der Waals surface area contributed by atoms with Crippen molar-refractivity contribution in [2.45, 2.75) is 52.2 Å². The number of hydrogen-bond acceptors (Lipinski definition) is 6. The van der Waals surface area contributed by atoms with Gasteiger partial charge in [-0.25, -0.2) is 8.42 Å². The van der Waals surface area contributed by atoms with Gasteiger partial charge in [0.05, 0.1) is 16.9 Å². The summed E-state index contributed by atoms with van der Waals surface area (Å²) in [5.41, 5.74) is 1.75. The first-order chi connectivity index (χ1) is 19.4. The Kier molecular flexibility index (Phi) is 10.6. The van der Waals surface area contributed by atoms with Gasteiger partial charge in [0.2, 0.25) is 21.8 Å². The molecule has 0 aliphatic rings. The minimum absolute atomic E-state index is 0.0263. The van der Waals surface area contributed by atoms with Crippen molar-refractivity contribution in [3.05, 3.63) is 106 Å². The minimum atomic E-state index is -4.05. The monoisotopic (exact) mass is 580 g/mol. The van der Waals surface area contributed by atoms with Gasteiger partial charge >= 0.3 is 0 Å². The van der Waals surface area contributed by atoms with Crippen LogP contribution in [0.25, 0.3) is 0 Å². The molecule has 2 atom stereocenters. The molecule has 1 N–H and O–H groups in total. The predicted octanol–water partition coefficient (Wildman–Crippen LogP) is 4.22. The highest BCUT2D eigenvalue weighted by molar-refractivity contribution is 7.92. The molecule has 0 saturated heterocycles. The lowest BCUT2D eigenvalue weighted by Crippen LogP contribution is -2.54. The fourth-order valence-electron chi connectivity index (χ4n) is 4.35. The summed E-state index contributed by atoms with van der Waals surface area (Å²) in [6, 6.07) is 21.2. The van der Waals surface area contributed by atoms with E-state index >= 15 is 0 Å². The molecule has 11 heteroatoms. The van der Waals surface area contributed by atoms with Crippen LogP contribution in [0.4, 0.5) is 11.4 Å². The smallest absolute Gasteiger partial charge is 0.271 e. The third-order valence-corrected chi connectivity index (χ3v) is 7.95. The summed E-state index contributed by atoms with van der Waals surface area (Å²) >= 11 is 0. The molecule has 3 aromatic rings. The summed E-state index contributed by atoms with van der Waals surface area (Å²) in [6.07, 6.45) is 1.83. The molecule has 0 saturated carbocycles. The molecule has 0 heterocycles. The summed E-state index contributed by atoms with van der Waals surface area (Å²) in [6.45, 7) is 4.83. The SMILES string of the molecule is CC[C@@H](C)NC(=O)[C@H](Cc1ccccc1)N(Cc1ccccc1)C(=O)CN(c1cc([N+](=O)[O-])ccc1C)S(C)(=O)=O. The minimum Gasteiger partial charge on any atom is -0.352 e. The molecule has 218 valence electrons. The van der Waals surface area contributed by atoms with E-state index in [0.29, 0.717) is 12.0 Å². The first kappa shape index (κ1) is 31.3. The number of carbonyl (C=O) groups excluding carboxylic acids is 2. The molecule has 0 aliphatic heterocycles. The number of aryl methyl sites for hydroxylation is 1. The van der Waals surface area contributed by atoms with Crippen LogP contribution in [0, 0.1) is 17.0 Å². The van der Waals surface area contributed by atoms with Gasteiger partial charge in [-0.3, -0.25) is 24.0 Å². The number of rotatable bonds is 13. The molecule has 0 aliphatic carbocycles. The highest BCUT2D eigenvalue weighted by atomic mass is 32.2. The maximum absolute atomic E-state index is 14.1. The maximum atomic E-state index is 14.1. The number of nitro benzene ring substituents is 1. The van der Waals surface area contributed by atoms with E-state index < -0.39 is 33.4 Å². The average Bonchev–Trinajstić information content (AvgIpc) is 2.94. The van der Waals surface area contributed by atoms with E-state index in [1.807, 2.05) is 74.5 Å². The van der Waals surface area contributed by atoms with E-state index in [1.54, 1.807) is 6.92 Å². The second-order valence-corrected chi connectivity index (χ2v) is 11.9. The number of nitrogens with one attached hydrogen (secondary N) is 1. The van der Waals surface area contributed by atoms with Crippen LogP contribution >= 0.6 is 0 Å². The molecule has 3 rings (SSSR count). The zero-order valence-corrected chi connectivity index (χ0v) is 24.5. The highest BCUT2D eigenvalue weighted by Crippen LogP contribution is 2.28. The molecule has 10 nitrogen and oxygen atoms in total. The van der Waals surface area contributed by atoms with Crippen molar-refractivity contribution in [2.75, 3.05) is 17.1 Å². The van der Waals surface area contributed by atoms with Gasteiger partial charge in [0.1, 0.15) is 12.6 Å².